The topological polar surface area (TPSA) is 105 Å². The molecule has 0 spiro atoms. The number of nitrogens with one attached hydrogen (secondary N) is 2. The number of hydrogen-bond acceptors (Lipinski definition) is 4. The molecule has 2 fully saturated rings. The fourth-order valence-corrected chi connectivity index (χ4v) is 5.47. The molecule has 3 N–H and O–H groups in total. The maximum atomic E-state index is 12.8. The zero-order valence-electron chi connectivity index (χ0n) is 19.1. The Hall–Kier alpha value is -3.35. The number of carbonyl (C=O) groups is 3. The molecule has 2 aromatic rings. The van der Waals surface area contributed by atoms with E-state index >= 15 is 0 Å². The molecule has 3 aliphatic rings. The largest absolute Gasteiger partial charge is 0.481 e. The van der Waals surface area contributed by atoms with E-state index in [0.717, 1.165) is 35.1 Å². The highest BCUT2D eigenvalue weighted by Gasteiger charge is 2.51. The van der Waals surface area contributed by atoms with Crippen LogP contribution >= 0.6 is 0 Å². The Labute approximate surface area is 198 Å². The van der Waals surface area contributed by atoms with E-state index in [4.69, 9.17) is 4.74 Å². The SMILES string of the molecule is O=C(NC1(C(=O)NCC2CCCC(C(=O)O)C2)CC1)OCC1c2ccccc2-c2ccccc21. The van der Waals surface area contributed by atoms with Gasteiger partial charge in [0.05, 0.1) is 5.92 Å². The van der Waals surface area contributed by atoms with Crippen LogP contribution in [0.25, 0.3) is 11.1 Å². The maximum absolute atomic E-state index is 12.8. The summed E-state index contributed by atoms with van der Waals surface area (Å²) in [6.45, 7) is 0.646. The fraction of sp³-hybridized carbons (Fsp3) is 0.444. The monoisotopic (exact) mass is 462 g/mol. The van der Waals surface area contributed by atoms with Crippen molar-refractivity contribution in [2.75, 3.05) is 13.2 Å². The average Bonchev–Trinajstić information content (AvgIpc) is 3.56. The number of hydrogen-bond donors (Lipinski definition) is 3. The van der Waals surface area contributed by atoms with Gasteiger partial charge in [0.2, 0.25) is 5.91 Å². The van der Waals surface area contributed by atoms with Gasteiger partial charge in [-0.15, -0.1) is 0 Å². The van der Waals surface area contributed by atoms with E-state index in [-0.39, 0.29) is 30.3 Å². The van der Waals surface area contributed by atoms with Crippen molar-refractivity contribution in [3.63, 3.8) is 0 Å². The first kappa shape index (κ1) is 22.4. The number of carbonyl (C=O) groups excluding carboxylic acids is 2. The van der Waals surface area contributed by atoms with E-state index in [2.05, 4.69) is 34.9 Å². The van der Waals surface area contributed by atoms with Gasteiger partial charge in [-0.05, 0) is 60.3 Å². The molecule has 178 valence electrons. The zero-order valence-corrected chi connectivity index (χ0v) is 19.1. The number of fused-ring (bicyclic) bond motifs is 3. The Morgan fingerprint density at radius 3 is 2.24 bits per heavy atom. The molecule has 0 bridgehead atoms. The minimum atomic E-state index is -0.913. The predicted molar refractivity (Wildman–Crippen MR) is 126 cm³/mol. The molecular weight excluding hydrogens is 432 g/mol. The first-order valence-electron chi connectivity index (χ1n) is 12.1. The third-order valence-electron chi connectivity index (χ3n) is 7.55. The highest BCUT2D eigenvalue weighted by molar-refractivity contribution is 5.92. The molecule has 3 aliphatic carbocycles. The molecule has 2 aromatic carbocycles. The first-order chi connectivity index (χ1) is 16.5. The lowest BCUT2D eigenvalue weighted by atomic mass is 9.81. The molecule has 5 rings (SSSR count). The summed E-state index contributed by atoms with van der Waals surface area (Å²) in [5, 5.41) is 15.0. The van der Waals surface area contributed by atoms with Gasteiger partial charge in [-0.3, -0.25) is 9.59 Å². The zero-order chi connectivity index (χ0) is 23.7. The number of benzene rings is 2. The Kier molecular flexibility index (Phi) is 6.02. The number of alkyl carbamates (subject to hydrolysis) is 1. The quantitative estimate of drug-likeness (QED) is 0.576. The van der Waals surface area contributed by atoms with Gasteiger partial charge in [-0.1, -0.05) is 55.0 Å². The van der Waals surface area contributed by atoms with Gasteiger partial charge >= 0.3 is 12.1 Å². The second kappa shape index (κ2) is 9.12. The summed E-state index contributed by atoms with van der Waals surface area (Å²) in [7, 11) is 0. The van der Waals surface area contributed by atoms with Gasteiger partial charge in [0.25, 0.3) is 0 Å². The van der Waals surface area contributed by atoms with Crippen LogP contribution in [0.3, 0.4) is 0 Å². The van der Waals surface area contributed by atoms with Crippen molar-refractivity contribution in [1.29, 1.82) is 0 Å². The maximum Gasteiger partial charge on any atom is 0.408 e. The third kappa shape index (κ3) is 4.39. The second-order valence-electron chi connectivity index (χ2n) is 9.81. The average molecular weight is 463 g/mol. The Morgan fingerprint density at radius 2 is 1.62 bits per heavy atom. The number of carboxylic acids is 1. The van der Waals surface area contributed by atoms with Gasteiger partial charge in [0.15, 0.2) is 0 Å². The van der Waals surface area contributed by atoms with Crippen molar-refractivity contribution < 1.29 is 24.2 Å². The smallest absolute Gasteiger partial charge is 0.408 e. The molecule has 0 aromatic heterocycles. The Bertz CT molecular complexity index is 1060. The molecular formula is C27H30N2O5. The minimum Gasteiger partial charge on any atom is -0.481 e. The van der Waals surface area contributed by atoms with Crippen molar-refractivity contribution in [2.45, 2.75) is 50.0 Å². The molecule has 0 heterocycles. The van der Waals surface area contributed by atoms with Crippen LogP contribution in [0.4, 0.5) is 4.79 Å². The lowest BCUT2D eigenvalue weighted by molar-refractivity contribution is -0.143. The molecule has 7 nitrogen and oxygen atoms in total. The summed E-state index contributed by atoms with van der Waals surface area (Å²) in [6.07, 6.45) is 3.63. The molecule has 0 saturated heterocycles. The van der Waals surface area contributed by atoms with Crippen LogP contribution in [0.15, 0.2) is 48.5 Å². The van der Waals surface area contributed by atoms with Crippen LogP contribution < -0.4 is 10.6 Å². The third-order valence-corrected chi connectivity index (χ3v) is 7.55. The van der Waals surface area contributed by atoms with Crippen LogP contribution in [-0.4, -0.2) is 41.8 Å². The number of amides is 2. The summed E-state index contributed by atoms with van der Waals surface area (Å²) in [5.41, 5.74) is 3.70. The summed E-state index contributed by atoms with van der Waals surface area (Å²) in [6, 6.07) is 16.3. The van der Waals surface area contributed by atoms with Gasteiger partial charge in [-0.2, -0.15) is 0 Å². The Morgan fingerprint density at radius 1 is 0.971 bits per heavy atom. The summed E-state index contributed by atoms with van der Waals surface area (Å²) < 4.78 is 5.61. The molecule has 7 heteroatoms. The lowest BCUT2D eigenvalue weighted by Gasteiger charge is -2.27. The van der Waals surface area contributed by atoms with Crippen molar-refractivity contribution in [3.8, 4) is 11.1 Å². The number of carboxylic acid groups (broad SMARTS) is 1. The van der Waals surface area contributed by atoms with Crippen LogP contribution in [0.5, 0.6) is 0 Å². The number of aliphatic carboxylic acids is 1. The van der Waals surface area contributed by atoms with Crippen LogP contribution in [0.1, 0.15) is 55.6 Å². The number of rotatable bonds is 7. The normalized spacial score (nSPS) is 22.2. The molecule has 2 saturated carbocycles. The van der Waals surface area contributed by atoms with Gasteiger partial charge in [0, 0.05) is 12.5 Å². The van der Waals surface area contributed by atoms with E-state index in [1.54, 1.807) is 0 Å². The van der Waals surface area contributed by atoms with Crippen LogP contribution in [-0.2, 0) is 14.3 Å². The Balaban J connectivity index is 1.15. The molecule has 0 aliphatic heterocycles. The van der Waals surface area contributed by atoms with Gasteiger partial charge < -0.3 is 20.5 Å². The van der Waals surface area contributed by atoms with Crippen molar-refractivity contribution >= 4 is 18.0 Å². The van der Waals surface area contributed by atoms with Crippen molar-refractivity contribution in [2.24, 2.45) is 11.8 Å². The first-order valence-corrected chi connectivity index (χ1v) is 12.1. The fourth-order valence-electron chi connectivity index (χ4n) is 5.47. The molecule has 2 amide bonds. The minimum absolute atomic E-state index is 0.0318. The molecule has 2 atom stereocenters. The predicted octanol–water partition coefficient (Wildman–Crippen LogP) is 4.06. The van der Waals surface area contributed by atoms with Crippen LogP contribution in [0, 0.1) is 11.8 Å². The van der Waals surface area contributed by atoms with Gasteiger partial charge in [-0.25, -0.2) is 4.79 Å². The van der Waals surface area contributed by atoms with Crippen molar-refractivity contribution in [1.82, 2.24) is 10.6 Å². The van der Waals surface area contributed by atoms with Crippen molar-refractivity contribution in [3.05, 3.63) is 59.7 Å². The van der Waals surface area contributed by atoms with Crippen LogP contribution in [0.2, 0.25) is 0 Å². The lowest BCUT2D eigenvalue weighted by Crippen LogP contribution is -2.50. The van der Waals surface area contributed by atoms with E-state index in [1.165, 1.54) is 0 Å². The standard InChI is InChI=1S/C27H30N2O5/c30-24(31)18-7-5-6-17(14-18)15-28-25(32)27(12-13-27)29-26(33)34-16-23-21-10-3-1-8-19(21)20-9-2-4-11-22(20)23/h1-4,8-11,17-18,23H,5-7,12-16H2,(H,28,32)(H,29,33)(H,30,31). The van der Waals surface area contributed by atoms with Gasteiger partial charge in [0.1, 0.15) is 12.1 Å². The molecule has 0 radical (unpaired) electrons. The highest BCUT2D eigenvalue weighted by Crippen LogP contribution is 2.44. The van der Waals surface area contributed by atoms with E-state index < -0.39 is 17.6 Å². The van der Waals surface area contributed by atoms with E-state index in [1.807, 2.05) is 24.3 Å². The summed E-state index contributed by atoms with van der Waals surface area (Å²) in [5.74, 6) is -1.17. The number of ether oxygens (including phenoxy) is 1. The highest BCUT2D eigenvalue weighted by atomic mass is 16.5. The van der Waals surface area contributed by atoms with E-state index in [0.29, 0.717) is 32.2 Å². The van der Waals surface area contributed by atoms with E-state index in [9.17, 15) is 19.5 Å². The second-order valence-corrected chi connectivity index (χ2v) is 9.81. The molecule has 34 heavy (non-hydrogen) atoms. The summed E-state index contributed by atoms with van der Waals surface area (Å²) >= 11 is 0. The molecule has 2 unspecified atom stereocenters. The summed E-state index contributed by atoms with van der Waals surface area (Å²) in [4.78, 5) is 36.7.